The van der Waals surface area contributed by atoms with Crippen molar-refractivity contribution in [3.8, 4) is 11.3 Å². The zero-order valence-corrected chi connectivity index (χ0v) is 21.9. The first kappa shape index (κ1) is 23.8. The van der Waals surface area contributed by atoms with Crippen molar-refractivity contribution in [2.45, 2.75) is 52.2 Å². The van der Waals surface area contributed by atoms with Crippen LogP contribution in [-0.2, 0) is 17.4 Å². The van der Waals surface area contributed by atoms with E-state index in [2.05, 4.69) is 38.2 Å². The SMILES string of the molecule is Cc1cc([C@H](C2CCOCC2)n2c3cc(C(C)(C)O)ccc3c3ncc(-c4c(C)nnn4C)cc32)no1. The summed E-state index contributed by atoms with van der Waals surface area (Å²) in [4.78, 5) is 4.97. The van der Waals surface area contributed by atoms with E-state index in [0.29, 0.717) is 19.1 Å². The highest BCUT2D eigenvalue weighted by Gasteiger charge is 2.33. The van der Waals surface area contributed by atoms with E-state index in [1.807, 2.05) is 53.1 Å². The first-order valence-electron chi connectivity index (χ1n) is 12.8. The van der Waals surface area contributed by atoms with E-state index >= 15 is 0 Å². The summed E-state index contributed by atoms with van der Waals surface area (Å²) in [6, 6.07) is 10.3. The summed E-state index contributed by atoms with van der Waals surface area (Å²) in [5, 5.41) is 24.9. The number of fused-ring (bicyclic) bond motifs is 3. The minimum Gasteiger partial charge on any atom is -0.386 e. The van der Waals surface area contributed by atoms with Gasteiger partial charge in [-0.1, -0.05) is 22.5 Å². The molecule has 1 aliphatic heterocycles. The minimum atomic E-state index is -0.982. The molecule has 0 spiro atoms. The average Bonchev–Trinajstić information content (AvgIpc) is 3.54. The highest BCUT2D eigenvalue weighted by molar-refractivity contribution is 6.07. The molecule has 0 saturated carbocycles. The van der Waals surface area contributed by atoms with Gasteiger partial charge in [0.25, 0.3) is 0 Å². The fourth-order valence-electron chi connectivity index (χ4n) is 5.71. The monoisotopic (exact) mass is 500 g/mol. The van der Waals surface area contributed by atoms with Gasteiger partial charge in [0.15, 0.2) is 0 Å². The maximum Gasteiger partial charge on any atom is 0.134 e. The number of aryl methyl sites for hydroxylation is 3. The van der Waals surface area contributed by atoms with Crippen molar-refractivity contribution in [1.29, 1.82) is 0 Å². The van der Waals surface area contributed by atoms with Crippen molar-refractivity contribution in [3.63, 3.8) is 0 Å². The topological polar surface area (TPSA) is 104 Å². The number of aromatic nitrogens is 6. The van der Waals surface area contributed by atoms with Crippen LogP contribution in [0.4, 0.5) is 0 Å². The molecule has 0 radical (unpaired) electrons. The Bertz CT molecular complexity index is 1580. The zero-order chi connectivity index (χ0) is 25.9. The highest BCUT2D eigenvalue weighted by atomic mass is 16.5. The van der Waals surface area contributed by atoms with E-state index in [-0.39, 0.29) is 6.04 Å². The molecule has 9 heteroatoms. The van der Waals surface area contributed by atoms with Gasteiger partial charge in [-0.15, -0.1) is 5.10 Å². The number of benzene rings is 1. The van der Waals surface area contributed by atoms with Crippen LogP contribution in [0.2, 0.25) is 0 Å². The van der Waals surface area contributed by atoms with Crippen molar-refractivity contribution in [3.05, 3.63) is 59.2 Å². The predicted molar refractivity (Wildman–Crippen MR) is 140 cm³/mol. The van der Waals surface area contributed by atoms with Crippen molar-refractivity contribution in [1.82, 2.24) is 29.7 Å². The molecule has 0 bridgehead atoms. The third kappa shape index (κ3) is 4.02. The Labute approximate surface area is 215 Å². The lowest BCUT2D eigenvalue weighted by Gasteiger charge is -2.31. The van der Waals surface area contributed by atoms with Crippen LogP contribution >= 0.6 is 0 Å². The van der Waals surface area contributed by atoms with Gasteiger partial charge in [-0.25, -0.2) is 4.68 Å². The minimum absolute atomic E-state index is 0.0822. The highest BCUT2D eigenvalue weighted by Crippen LogP contribution is 2.42. The Hall–Kier alpha value is -3.56. The first-order valence-corrected chi connectivity index (χ1v) is 12.8. The molecule has 1 fully saturated rings. The Morgan fingerprint density at radius 2 is 1.86 bits per heavy atom. The number of hydrogen-bond acceptors (Lipinski definition) is 7. The van der Waals surface area contributed by atoms with Crippen LogP contribution in [0.25, 0.3) is 33.2 Å². The van der Waals surface area contributed by atoms with Crippen LogP contribution in [0, 0.1) is 19.8 Å². The maximum atomic E-state index is 10.9. The molecule has 1 saturated heterocycles. The second-order valence-corrected chi connectivity index (χ2v) is 10.7. The number of rotatable bonds is 5. The summed E-state index contributed by atoms with van der Waals surface area (Å²) in [5.74, 6) is 1.08. The molecular formula is C28H32N6O3. The molecule has 1 aromatic carbocycles. The molecule has 0 amide bonds. The maximum absolute atomic E-state index is 10.9. The number of hydrogen-bond donors (Lipinski definition) is 1. The summed E-state index contributed by atoms with van der Waals surface area (Å²) in [6.07, 6.45) is 3.73. The summed E-state index contributed by atoms with van der Waals surface area (Å²) < 4.78 is 15.4. The molecule has 5 heterocycles. The molecule has 192 valence electrons. The van der Waals surface area contributed by atoms with Gasteiger partial charge in [0.05, 0.1) is 39.6 Å². The number of pyridine rings is 1. The first-order chi connectivity index (χ1) is 17.7. The summed E-state index contributed by atoms with van der Waals surface area (Å²) in [5.41, 5.74) is 6.40. The fourth-order valence-corrected chi connectivity index (χ4v) is 5.71. The van der Waals surface area contributed by atoms with Crippen LogP contribution in [0.15, 0.2) is 41.1 Å². The van der Waals surface area contributed by atoms with Gasteiger partial charge < -0.3 is 18.9 Å². The van der Waals surface area contributed by atoms with Gasteiger partial charge in [-0.2, -0.15) is 0 Å². The van der Waals surface area contributed by atoms with E-state index in [0.717, 1.165) is 68.7 Å². The third-order valence-electron chi connectivity index (χ3n) is 7.55. The number of nitrogens with zero attached hydrogens (tertiary/aromatic N) is 6. The van der Waals surface area contributed by atoms with E-state index in [9.17, 15) is 5.11 Å². The van der Waals surface area contributed by atoms with Gasteiger partial charge in [0.1, 0.15) is 11.5 Å². The van der Waals surface area contributed by atoms with Crippen LogP contribution in [0.3, 0.4) is 0 Å². The van der Waals surface area contributed by atoms with Crippen LogP contribution < -0.4 is 0 Å². The summed E-state index contributed by atoms with van der Waals surface area (Å²) in [7, 11) is 1.90. The van der Waals surface area contributed by atoms with E-state index < -0.39 is 5.60 Å². The van der Waals surface area contributed by atoms with Gasteiger partial charge >= 0.3 is 0 Å². The third-order valence-corrected chi connectivity index (χ3v) is 7.55. The van der Waals surface area contributed by atoms with E-state index in [1.54, 1.807) is 4.68 Å². The van der Waals surface area contributed by atoms with Gasteiger partial charge in [-0.05, 0) is 64.2 Å². The van der Waals surface area contributed by atoms with Crippen molar-refractivity contribution in [2.75, 3.05) is 13.2 Å². The Morgan fingerprint density at radius 1 is 1.08 bits per heavy atom. The van der Waals surface area contributed by atoms with E-state index in [1.165, 1.54) is 0 Å². The lowest BCUT2D eigenvalue weighted by Crippen LogP contribution is -2.27. The van der Waals surface area contributed by atoms with Crippen LogP contribution in [-0.4, -0.2) is 48.0 Å². The molecule has 0 aliphatic carbocycles. The summed E-state index contributed by atoms with van der Waals surface area (Å²) in [6.45, 7) is 8.94. The Morgan fingerprint density at radius 3 is 2.51 bits per heavy atom. The number of aliphatic hydroxyl groups is 1. The van der Waals surface area contributed by atoms with Gasteiger partial charge in [0, 0.05) is 43.5 Å². The average molecular weight is 501 g/mol. The molecule has 5 aromatic rings. The molecule has 1 atom stereocenters. The molecular weight excluding hydrogens is 468 g/mol. The molecule has 6 rings (SSSR count). The molecule has 0 unspecified atom stereocenters. The standard InChI is InChI=1S/C28H32N6O3/c1-16-12-22(31-37-16)27(18-8-10-36-11-9-18)34-23-14-20(28(3,4)35)6-7-21(23)25-24(34)13-19(15-29-25)26-17(2)30-32-33(26)5/h6-7,12-15,18,27,35H,8-11H2,1-5H3/t27-/m0/s1. The van der Waals surface area contributed by atoms with Gasteiger partial charge in [0.2, 0.25) is 0 Å². The van der Waals surface area contributed by atoms with E-state index in [4.69, 9.17) is 14.2 Å². The summed E-state index contributed by atoms with van der Waals surface area (Å²) >= 11 is 0. The lowest BCUT2D eigenvalue weighted by molar-refractivity contribution is 0.0543. The Kier molecular flexibility index (Phi) is 5.65. The Balaban J connectivity index is 1.69. The normalized spacial score (nSPS) is 16.2. The largest absolute Gasteiger partial charge is 0.386 e. The smallest absolute Gasteiger partial charge is 0.134 e. The fraction of sp³-hybridized carbons (Fsp3) is 0.429. The molecule has 37 heavy (non-hydrogen) atoms. The quantitative estimate of drug-likeness (QED) is 0.368. The van der Waals surface area contributed by atoms with Crippen molar-refractivity contribution >= 4 is 21.9 Å². The van der Waals surface area contributed by atoms with Crippen LogP contribution in [0.1, 0.15) is 55.4 Å². The lowest BCUT2D eigenvalue weighted by atomic mass is 9.89. The molecule has 9 nitrogen and oxygen atoms in total. The second kappa shape index (κ2) is 8.78. The second-order valence-electron chi connectivity index (χ2n) is 10.7. The molecule has 1 aliphatic rings. The molecule has 1 N–H and O–H groups in total. The molecule has 4 aromatic heterocycles. The van der Waals surface area contributed by atoms with Crippen molar-refractivity contribution < 1.29 is 14.4 Å². The van der Waals surface area contributed by atoms with Crippen molar-refractivity contribution in [2.24, 2.45) is 13.0 Å². The van der Waals surface area contributed by atoms with Gasteiger partial charge in [-0.3, -0.25) is 4.98 Å². The van der Waals surface area contributed by atoms with Crippen LogP contribution in [0.5, 0.6) is 0 Å². The number of ether oxygens (including phenoxy) is 1. The zero-order valence-electron chi connectivity index (χ0n) is 21.9. The predicted octanol–water partition coefficient (Wildman–Crippen LogP) is 4.83.